The maximum atomic E-state index is 12.0. The molecule has 0 saturated heterocycles. The molecule has 3 rings (SSSR count). The lowest BCUT2D eigenvalue weighted by Gasteiger charge is -2.26. The quantitative estimate of drug-likeness (QED) is 0.821. The fourth-order valence-corrected chi connectivity index (χ4v) is 3.21. The number of rotatable bonds is 1. The Morgan fingerprint density at radius 1 is 1.10 bits per heavy atom. The van der Waals surface area contributed by atoms with E-state index in [1.54, 1.807) is 24.3 Å². The standard InChI is InChI=1S/C16H12Cl2O2/c17-14-3-1-2-12(16(14)18)10-6-7-15(20)11-5-4-9(19)8-13(10)11/h1-5,8,10,19H,6-7H2. The van der Waals surface area contributed by atoms with E-state index < -0.39 is 0 Å². The molecule has 0 saturated carbocycles. The molecule has 2 aromatic carbocycles. The average Bonchev–Trinajstić information content (AvgIpc) is 2.43. The number of carbonyl (C=O) groups excluding carboxylic acids is 1. The number of hydrogen-bond acceptors (Lipinski definition) is 2. The van der Waals surface area contributed by atoms with Crippen molar-refractivity contribution in [3.05, 3.63) is 63.1 Å². The van der Waals surface area contributed by atoms with Crippen molar-refractivity contribution in [3.63, 3.8) is 0 Å². The second-order valence-corrected chi connectivity index (χ2v) is 5.71. The van der Waals surface area contributed by atoms with Crippen LogP contribution in [0.25, 0.3) is 0 Å². The summed E-state index contributed by atoms with van der Waals surface area (Å²) in [4.78, 5) is 12.0. The number of carbonyl (C=O) groups is 1. The molecule has 0 aliphatic heterocycles. The van der Waals surface area contributed by atoms with Gasteiger partial charge in [0.05, 0.1) is 10.0 Å². The third-order valence-corrected chi connectivity index (χ3v) is 4.56. The minimum Gasteiger partial charge on any atom is -0.508 e. The summed E-state index contributed by atoms with van der Waals surface area (Å²) in [5, 5.41) is 10.7. The first-order valence-electron chi connectivity index (χ1n) is 6.38. The predicted molar refractivity (Wildman–Crippen MR) is 80.0 cm³/mol. The number of ketones is 1. The lowest BCUT2D eigenvalue weighted by atomic mass is 9.78. The highest BCUT2D eigenvalue weighted by atomic mass is 35.5. The van der Waals surface area contributed by atoms with E-state index >= 15 is 0 Å². The summed E-state index contributed by atoms with van der Waals surface area (Å²) < 4.78 is 0. The number of aromatic hydroxyl groups is 1. The summed E-state index contributed by atoms with van der Waals surface area (Å²) in [5.41, 5.74) is 2.39. The Balaban J connectivity index is 2.17. The predicted octanol–water partition coefficient (Wildman–Crippen LogP) is 4.81. The SMILES string of the molecule is O=C1CCC(c2cccc(Cl)c2Cl)c2cc(O)ccc21. The number of Topliss-reactive ketones (excluding diaryl/α,β-unsaturated/α-hetero) is 1. The first-order valence-corrected chi connectivity index (χ1v) is 7.13. The van der Waals surface area contributed by atoms with Crippen molar-refractivity contribution in [3.8, 4) is 5.75 Å². The molecule has 0 fully saturated rings. The molecule has 2 aromatic rings. The van der Waals surface area contributed by atoms with Crippen LogP contribution in [0.4, 0.5) is 0 Å². The molecule has 20 heavy (non-hydrogen) atoms. The smallest absolute Gasteiger partial charge is 0.163 e. The molecule has 1 unspecified atom stereocenters. The van der Waals surface area contributed by atoms with Crippen LogP contribution in [0.2, 0.25) is 10.0 Å². The van der Waals surface area contributed by atoms with E-state index in [1.165, 1.54) is 0 Å². The van der Waals surface area contributed by atoms with E-state index in [2.05, 4.69) is 0 Å². The van der Waals surface area contributed by atoms with Crippen molar-refractivity contribution in [2.45, 2.75) is 18.8 Å². The molecule has 0 bridgehead atoms. The van der Waals surface area contributed by atoms with Crippen LogP contribution >= 0.6 is 23.2 Å². The minimum atomic E-state index is -0.0130. The Labute approximate surface area is 127 Å². The second kappa shape index (κ2) is 5.12. The van der Waals surface area contributed by atoms with Gasteiger partial charge in [-0.25, -0.2) is 0 Å². The monoisotopic (exact) mass is 306 g/mol. The molecule has 0 aromatic heterocycles. The van der Waals surface area contributed by atoms with Gasteiger partial charge in [0.25, 0.3) is 0 Å². The van der Waals surface area contributed by atoms with E-state index in [4.69, 9.17) is 23.2 Å². The molecule has 1 atom stereocenters. The molecule has 0 spiro atoms. The van der Waals surface area contributed by atoms with Crippen LogP contribution in [0, 0.1) is 0 Å². The first kappa shape index (κ1) is 13.5. The van der Waals surface area contributed by atoms with Crippen LogP contribution in [0.15, 0.2) is 36.4 Å². The van der Waals surface area contributed by atoms with Gasteiger partial charge in [-0.05, 0) is 41.8 Å². The van der Waals surface area contributed by atoms with Gasteiger partial charge in [-0.1, -0.05) is 35.3 Å². The molecule has 2 nitrogen and oxygen atoms in total. The number of phenols is 1. The Morgan fingerprint density at radius 3 is 2.70 bits per heavy atom. The lowest BCUT2D eigenvalue weighted by Crippen LogP contribution is -2.16. The van der Waals surface area contributed by atoms with Crippen molar-refractivity contribution >= 4 is 29.0 Å². The van der Waals surface area contributed by atoms with Crippen molar-refractivity contribution in [2.75, 3.05) is 0 Å². The van der Waals surface area contributed by atoms with Crippen LogP contribution in [-0.2, 0) is 0 Å². The summed E-state index contributed by atoms with van der Waals surface area (Å²) in [6.45, 7) is 0. The zero-order valence-electron chi connectivity index (χ0n) is 10.6. The van der Waals surface area contributed by atoms with Crippen LogP contribution in [0.3, 0.4) is 0 Å². The molecule has 0 amide bonds. The minimum absolute atomic E-state index is 0.0130. The topological polar surface area (TPSA) is 37.3 Å². The summed E-state index contributed by atoms with van der Waals surface area (Å²) in [6, 6.07) is 10.4. The molecule has 1 aliphatic carbocycles. The van der Waals surface area contributed by atoms with E-state index in [9.17, 15) is 9.90 Å². The van der Waals surface area contributed by atoms with Gasteiger partial charge in [-0.2, -0.15) is 0 Å². The van der Waals surface area contributed by atoms with Crippen molar-refractivity contribution < 1.29 is 9.90 Å². The van der Waals surface area contributed by atoms with Crippen molar-refractivity contribution in [2.24, 2.45) is 0 Å². The highest BCUT2D eigenvalue weighted by Gasteiger charge is 2.28. The molecule has 0 radical (unpaired) electrons. The Kier molecular flexibility index (Phi) is 3.45. The molecule has 102 valence electrons. The number of hydrogen-bond donors (Lipinski definition) is 1. The zero-order valence-corrected chi connectivity index (χ0v) is 12.1. The fraction of sp³-hybridized carbons (Fsp3) is 0.188. The van der Waals surface area contributed by atoms with E-state index in [-0.39, 0.29) is 17.5 Å². The lowest BCUT2D eigenvalue weighted by molar-refractivity contribution is 0.0969. The van der Waals surface area contributed by atoms with Gasteiger partial charge < -0.3 is 5.11 Å². The Hall–Kier alpha value is -1.51. The van der Waals surface area contributed by atoms with E-state index in [0.29, 0.717) is 28.5 Å². The van der Waals surface area contributed by atoms with Gasteiger partial charge in [0, 0.05) is 17.9 Å². The third kappa shape index (κ3) is 2.19. The van der Waals surface area contributed by atoms with Crippen molar-refractivity contribution in [1.29, 1.82) is 0 Å². The maximum Gasteiger partial charge on any atom is 0.163 e. The Morgan fingerprint density at radius 2 is 1.90 bits per heavy atom. The summed E-state index contributed by atoms with van der Waals surface area (Å²) in [7, 11) is 0. The Bertz CT molecular complexity index is 695. The number of halogens is 2. The molecular formula is C16H12Cl2O2. The molecule has 0 heterocycles. The number of benzene rings is 2. The molecule has 4 heteroatoms. The van der Waals surface area contributed by atoms with Gasteiger partial charge in [-0.15, -0.1) is 0 Å². The van der Waals surface area contributed by atoms with Crippen LogP contribution in [0.5, 0.6) is 5.75 Å². The normalized spacial score (nSPS) is 17.9. The number of phenolic OH excluding ortho intramolecular Hbond substituents is 1. The summed E-state index contributed by atoms with van der Waals surface area (Å²) >= 11 is 12.4. The highest BCUT2D eigenvalue weighted by molar-refractivity contribution is 6.42. The summed E-state index contributed by atoms with van der Waals surface area (Å²) in [5.74, 6) is 0.247. The van der Waals surface area contributed by atoms with Crippen LogP contribution in [0.1, 0.15) is 40.2 Å². The van der Waals surface area contributed by atoms with Crippen LogP contribution < -0.4 is 0 Å². The average molecular weight is 307 g/mol. The van der Waals surface area contributed by atoms with Crippen LogP contribution in [-0.4, -0.2) is 10.9 Å². The molecular weight excluding hydrogens is 295 g/mol. The maximum absolute atomic E-state index is 12.0. The molecule has 1 N–H and O–H groups in total. The zero-order chi connectivity index (χ0) is 14.3. The van der Waals surface area contributed by atoms with Gasteiger partial charge >= 0.3 is 0 Å². The van der Waals surface area contributed by atoms with Gasteiger partial charge in [0.2, 0.25) is 0 Å². The summed E-state index contributed by atoms with van der Waals surface area (Å²) in [6.07, 6.45) is 1.15. The van der Waals surface area contributed by atoms with Gasteiger partial charge in [0.15, 0.2) is 5.78 Å². The second-order valence-electron chi connectivity index (χ2n) is 4.93. The van der Waals surface area contributed by atoms with Gasteiger partial charge in [-0.3, -0.25) is 4.79 Å². The first-order chi connectivity index (χ1) is 9.58. The number of fused-ring (bicyclic) bond motifs is 1. The fourth-order valence-electron chi connectivity index (χ4n) is 2.77. The van der Waals surface area contributed by atoms with E-state index in [0.717, 1.165) is 11.1 Å². The third-order valence-electron chi connectivity index (χ3n) is 3.73. The van der Waals surface area contributed by atoms with Crippen molar-refractivity contribution in [1.82, 2.24) is 0 Å². The molecule has 1 aliphatic rings. The largest absolute Gasteiger partial charge is 0.508 e. The van der Waals surface area contributed by atoms with E-state index in [1.807, 2.05) is 12.1 Å². The highest BCUT2D eigenvalue weighted by Crippen LogP contribution is 2.42. The van der Waals surface area contributed by atoms with Gasteiger partial charge in [0.1, 0.15) is 5.75 Å².